The van der Waals surface area contributed by atoms with E-state index in [1.165, 1.54) is 0 Å². The summed E-state index contributed by atoms with van der Waals surface area (Å²) in [5.41, 5.74) is 1.67. The Morgan fingerprint density at radius 3 is 2.30 bits per heavy atom. The molecule has 1 rings (SSSR count). The van der Waals surface area contributed by atoms with E-state index < -0.39 is 0 Å². The first-order valence-corrected chi connectivity index (χ1v) is 3.38. The summed E-state index contributed by atoms with van der Waals surface area (Å²) in [5, 5.41) is 2.89. The molecule has 0 bridgehead atoms. The van der Waals surface area contributed by atoms with Gasteiger partial charge in [-0.05, 0) is 21.5 Å². The van der Waals surface area contributed by atoms with Crippen molar-refractivity contribution in [1.29, 1.82) is 0 Å². The van der Waals surface area contributed by atoms with Crippen LogP contribution in [-0.4, -0.2) is 0 Å². The Morgan fingerprint density at radius 2 is 1.90 bits per heavy atom. The van der Waals surface area contributed by atoms with Crippen molar-refractivity contribution in [3.8, 4) is 0 Å². The van der Waals surface area contributed by atoms with Gasteiger partial charge in [-0.25, -0.2) is 4.85 Å². The van der Waals surface area contributed by atoms with Gasteiger partial charge in [0.15, 0.2) is 5.69 Å². The Kier molecular flexibility index (Phi) is 2.25. The van der Waals surface area contributed by atoms with Crippen LogP contribution in [-0.2, 0) is 0 Å². The Balaban J connectivity index is 2.93. The van der Waals surface area contributed by atoms with Gasteiger partial charge in [-0.2, -0.15) is 0 Å². The van der Waals surface area contributed by atoms with Gasteiger partial charge in [-0.15, -0.1) is 0 Å². The van der Waals surface area contributed by atoms with E-state index in [4.69, 9.17) is 6.57 Å². The highest BCUT2D eigenvalue weighted by Crippen LogP contribution is 2.16. The number of anilines is 1. The third-order valence-electron chi connectivity index (χ3n) is 1.16. The fraction of sp³-hybridized carbons (Fsp3) is 0. The second-order valence-corrected chi connectivity index (χ2v) is 2.09. The van der Waals surface area contributed by atoms with Gasteiger partial charge in [0.1, 0.15) is 0 Å². The van der Waals surface area contributed by atoms with Crippen LogP contribution in [0.25, 0.3) is 4.85 Å². The number of nitrogens with one attached hydrogen (secondary N) is 1. The van der Waals surface area contributed by atoms with Gasteiger partial charge >= 0.3 is 0 Å². The summed E-state index contributed by atoms with van der Waals surface area (Å²) in [5.74, 6) is 0. The van der Waals surface area contributed by atoms with Crippen LogP contribution in [0.5, 0.6) is 0 Å². The predicted molar refractivity (Wildman–Crippen MR) is 46.0 cm³/mol. The Bertz CT molecular complexity index is 247. The lowest BCUT2D eigenvalue weighted by Gasteiger charge is -1.96. The normalized spacial score (nSPS) is 8.40. The Morgan fingerprint density at radius 1 is 1.30 bits per heavy atom. The van der Waals surface area contributed by atoms with E-state index in [0.29, 0.717) is 5.69 Å². The smallest absolute Gasteiger partial charge is 0.187 e. The molecule has 0 saturated carbocycles. The molecule has 0 radical (unpaired) electrons. The van der Waals surface area contributed by atoms with Crippen molar-refractivity contribution in [1.82, 2.24) is 0 Å². The third kappa shape index (κ3) is 1.46. The van der Waals surface area contributed by atoms with Crippen LogP contribution < -0.4 is 5.09 Å². The summed E-state index contributed by atoms with van der Waals surface area (Å²) >= 11 is 0. The zero-order valence-corrected chi connectivity index (χ0v) is 6.49. The van der Waals surface area contributed by atoms with Gasteiger partial charge in [0, 0.05) is 5.69 Å². The number of nitrogens with zero attached hydrogens (tertiary/aromatic N) is 1. The van der Waals surface area contributed by atoms with Gasteiger partial charge in [0.05, 0.1) is 6.57 Å². The zero-order valence-electron chi connectivity index (χ0n) is 5.33. The van der Waals surface area contributed by atoms with E-state index in [0.717, 1.165) is 5.69 Å². The number of rotatable bonds is 1. The lowest BCUT2D eigenvalue weighted by Crippen LogP contribution is -1.75. The first kappa shape index (κ1) is 7.05. The van der Waals surface area contributed by atoms with E-state index in [9.17, 15) is 0 Å². The summed E-state index contributed by atoms with van der Waals surface area (Å²) in [6.07, 6.45) is 0. The van der Waals surface area contributed by atoms with Gasteiger partial charge in [-0.1, -0.05) is 12.1 Å². The molecule has 1 aromatic rings. The van der Waals surface area contributed by atoms with Gasteiger partial charge in [0.25, 0.3) is 0 Å². The highest BCUT2D eigenvalue weighted by Gasteiger charge is 1.88. The molecule has 1 N–H and O–H groups in total. The quantitative estimate of drug-likeness (QED) is 0.480. The second-order valence-electron chi connectivity index (χ2n) is 1.80. The molecule has 0 amide bonds. The molecule has 1 aromatic carbocycles. The minimum atomic E-state index is 0.670. The van der Waals surface area contributed by atoms with Crippen LogP contribution in [0.2, 0.25) is 0 Å². The maximum atomic E-state index is 6.67. The van der Waals surface area contributed by atoms with Crippen LogP contribution in [0, 0.1) is 6.57 Å². The predicted octanol–water partition coefficient (Wildman–Crippen LogP) is 2.44. The van der Waals surface area contributed by atoms with E-state index >= 15 is 0 Å². The fourth-order valence-electron chi connectivity index (χ4n) is 0.632. The van der Waals surface area contributed by atoms with Crippen LogP contribution in [0.15, 0.2) is 24.3 Å². The molecule has 2 nitrogen and oxygen atoms in total. The highest BCUT2D eigenvalue weighted by atomic mass is 31.0. The largest absolute Gasteiger partial charge is 0.370 e. The van der Waals surface area contributed by atoms with Crippen molar-refractivity contribution in [3.05, 3.63) is 35.7 Å². The van der Waals surface area contributed by atoms with Crippen LogP contribution >= 0.6 is 9.39 Å². The van der Waals surface area contributed by atoms with Crippen LogP contribution in [0.3, 0.4) is 0 Å². The van der Waals surface area contributed by atoms with Gasteiger partial charge < -0.3 is 5.09 Å². The number of hydrogen-bond acceptors (Lipinski definition) is 1. The molecular formula is C7H7N2P. The molecule has 0 heterocycles. The molecule has 0 aliphatic carbocycles. The number of benzene rings is 1. The molecule has 10 heavy (non-hydrogen) atoms. The Hall–Kier alpha value is -1.06. The van der Waals surface area contributed by atoms with Crippen molar-refractivity contribution < 1.29 is 0 Å². The van der Waals surface area contributed by atoms with Gasteiger partial charge in [-0.3, -0.25) is 0 Å². The first-order chi connectivity index (χ1) is 4.86. The second kappa shape index (κ2) is 3.20. The molecule has 0 aromatic heterocycles. The molecular weight excluding hydrogens is 143 g/mol. The van der Waals surface area contributed by atoms with Crippen LogP contribution in [0.1, 0.15) is 0 Å². The third-order valence-corrected chi connectivity index (χ3v) is 1.50. The van der Waals surface area contributed by atoms with E-state index in [1.54, 1.807) is 12.1 Å². The topological polar surface area (TPSA) is 16.4 Å². The van der Waals surface area contributed by atoms with Crippen molar-refractivity contribution in [2.75, 3.05) is 5.09 Å². The van der Waals surface area contributed by atoms with E-state index in [-0.39, 0.29) is 0 Å². The maximum absolute atomic E-state index is 6.67. The fourth-order valence-corrected chi connectivity index (χ4v) is 0.825. The lowest BCUT2D eigenvalue weighted by atomic mass is 10.3. The molecule has 0 spiro atoms. The van der Waals surface area contributed by atoms with E-state index in [2.05, 4.69) is 19.3 Å². The van der Waals surface area contributed by atoms with Gasteiger partial charge in [0.2, 0.25) is 0 Å². The average molecular weight is 150 g/mol. The van der Waals surface area contributed by atoms with Crippen molar-refractivity contribution >= 4 is 20.8 Å². The lowest BCUT2D eigenvalue weighted by molar-refractivity contribution is 1.69. The molecule has 50 valence electrons. The molecule has 0 aliphatic heterocycles. The van der Waals surface area contributed by atoms with Crippen LogP contribution in [0.4, 0.5) is 11.4 Å². The Labute approximate surface area is 62.3 Å². The summed E-state index contributed by atoms with van der Waals surface area (Å²) < 4.78 is 0. The molecule has 1 atom stereocenters. The standard InChI is InChI=1S/C7H7N2P/c1-8-6-2-4-7(9-10)5-3-6/h2-5,9H,10H2. The van der Waals surface area contributed by atoms with Crippen molar-refractivity contribution in [3.63, 3.8) is 0 Å². The first-order valence-electron chi connectivity index (χ1n) is 2.81. The van der Waals surface area contributed by atoms with Crippen molar-refractivity contribution in [2.24, 2.45) is 0 Å². The highest BCUT2D eigenvalue weighted by molar-refractivity contribution is 7.18. The molecule has 1 unspecified atom stereocenters. The minimum Gasteiger partial charge on any atom is -0.370 e. The molecule has 0 saturated heterocycles. The SMILES string of the molecule is [C-]#[N+]c1ccc(NP)cc1. The average Bonchev–Trinajstić information content (AvgIpc) is 2.05. The summed E-state index contributed by atoms with van der Waals surface area (Å²) in [7, 11) is 2.40. The molecule has 3 heteroatoms. The maximum Gasteiger partial charge on any atom is 0.187 e. The van der Waals surface area contributed by atoms with Crippen molar-refractivity contribution in [2.45, 2.75) is 0 Å². The molecule has 0 fully saturated rings. The summed E-state index contributed by atoms with van der Waals surface area (Å²) in [4.78, 5) is 3.26. The van der Waals surface area contributed by atoms with E-state index in [1.807, 2.05) is 12.1 Å². The number of hydrogen-bond donors (Lipinski definition) is 1. The summed E-state index contributed by atoms with van der Waals surface area (Å²) in [6, 6.07) is 7.28. The zero-order chi connectivity index (χ0) is 7.40. The summed E-state index contributed by atoms with van der Waals surface area (Å²) in [6.45, 7) is 6.67. The molecule has 0 aliphatic rings. The monoisotopic (exact) mass is 150 g/mol. The minimum absolute atomic E-state index is 0.670.